The lowest BCUT2D eigenvalue weighted by molar-refractivity contribution is -0.387. The first-order chi connectivity index (χ1) is 9.73. The van der Waals surface area contributed by atoms with E-state index >= 15 is 0 Å². The van der Waals surface area contributed by atoms with Crippen LogP contribution in [0.1, 0.15) is 18.4 Å². The Kier molecular flexibility index (Phi) is 4.26. The van der Waals surface area contributed by atoms with Crippen LogP contribution in [0.25, 0.3) is 0 Å². The van der Waals surface area contributed by atoms with Crippen LogP contribution < -0.4 is 0 Å². The van der Waals surface area contributed by atoms with E-state index in [1.807, 2.05) is 0 Å². The zero-order valence-corrected chi connectivity index (χ0v) is 12.1. The summed E-state index contributed by atoms with van der Waals surface area (Å²) >= 11 is 0. The normalized spacial score (nSPS) is 20.4. The smallest absolute Gasteiger partial charge is 0.306 e. The first-order valence-corrected chi connectivity index (χ1v) is 7.80. The Morgan fingerprint density at radius 1 is 1.48 bits per heavy atom. The van der Waals surface area contributed by atoms with Gasteiger partial charge in [0.1, 0.15) is 0 Å². The predicted molar refractivity (Wildman–Crippen MR) is 71.8 cm³/mol. The monoisotopic (exact) mass is 318 g/mol. The molecular weight excluding hydrogens is 303 g/mol. The van der Waals surface area contributed by atoms with Gasteiger partial charge in [0.05, 0.1) is 15.9 Å². The van der Waals surface area contributed by atoms with Crippen molar-refractivity contribution in [3.05, 3.63) is 33.6 Å². The SMILES string of the molecule is Cc1cc(F)c([N+](=O)[O-])cc1S(=O)(=O)N1CCC[C@H](O)C1. The van der Waals surface area contributed by atoms with Crippen LogP contribution >= 0.6 is 0 Å². The van der Waals surface area contributed by atoms with Gasteiger partial charge in [-0.2, -0.15) is 8.70 Å². The summed E-state index contributed by atoms with van der Waals surface area (Å²) in [7, 11) is -4.00. The Hall–Kier alpha value is -1.58. The van der Waals surface area contributed by atoms with Gasteiger partial charge in [0.15, 0.2) is 0 Å². The second-order valence-corrected chi connectivity index (χ2v) is 6.89. The van der Waals surface area contributed by atoms with Crippen LogP contribution in [0.15, 0.2) is 17.0 Å². The maximum absolute atomic E-state index is 13.5. The molecule has 1 atom stereocenters. The van der Waals surface area contributed by atoms with Gasteiger partial charge in [0, 0.05) is 19.2 Å². The number of hydrogen-bond acceptors (Lipinski definition) is 5. The molecule has 9 heteroatoms. The van der Waals surface area contributed by atoms with Crippen LogP contribution in [-0.2, 0) is 10.0 Å². The molecule has 7 nitrogen and oxygen atoms in total. The van der Waals surface area contributed by atoms with Crippen LogP contribution in [0.5, 0.6) is 0 Å². The van der Waals surface area contributed by atoms with E-state index in [1.54, 1.807) is 0 Å². The number of rotatable bonds is 3. The van der Waals surface area contributed by atoms with E-state index in [9.17, 15) is 28.0 Å². The lowest BCUT2D eigenvalue weighted by atomic mass is 10.1. The minimum Gasteiger partial charge on any atom is -0.392 e. The number of piperidine rings is 1. The highest BCUT2D eigenvalue weighted by Crippen LogP contribution is 2.28. The summed E-state index contributed by atoms with van der Waals surface area (Å²) in [6.45, 7) is 1.54. The van der Waals surface area contributed by atoms with Gasteiger partial charge < -0.3 is 5.11 Å². The number of nitro groups is 1. The largest absolute Gasteiger partial charge is 0.392 e. The zero-order valence-electron chi connectivity index (χ0n) is 11.3. The molecule has 1 aromatic carbocycles. The van der Waals surface area contributed by atoms with Crippen LogP contribution in [-0.4, -0.2) is 41.9 Å². The quantitative estimate of drug-likeness (QED) is 0.666. The number of aryl methyl sites for hydroxylation is 1. The fraction of sp³-hybridized carbons (Fsp3) is 0.500. The molecule has 1 aliphatic rings. The number of benzene rings is 1. The molecule has 1 saturated heterocycles. The summed E-state index contributed by atoms with van der Waals surface area (Å²) < 4.78 is 39.6. The van der Waals surface area contributed by atoms with E-state index in [4.69, 9.17) is 0 Å². The Labute approximate surface area is 121 Å². The van der Waals surface area contributed by atoms with Gasteiger partial charge in [-0.25, -0.2) is 8.42 Å². The summed E-state index contributed by atoms with van der Waals surface area (Å²) in [4.78, 5) is 9.50. The maximum Gasteiger partial charge on any atom is 0.306 e. The van der Waals surface area contributed by atoms with Gasteiger partial charge in [-0.15, -0.1) is 0 Å². The lowest BCUT2D eigenvalue weighted by Gasteiger charge is -2.29. The molecule has 0 saturated carbocycles. The van der Waals surface area contributed by atoms with Gasteiger partial charge in [-0.3, -0.25) is 10.1 Å². The average Bonchev–Trinajstić information content (AvgIpc) is 2.37. The molecule has 0 aromatic heterocycles. The van der Waals surface area contributed by atoms with E-state index in [1.165, 1.54) is 6.92 Å². The van der Waals surface area contributed by atoms with Crippen molar-refractivity contribution >= 4 is 15.7 Å². The summed E-state index contributed by atoms with van der Waals surface area (Å²) in [5.41, 5.74) is -0.783. The van der Waals surface area contributed by atoms with Gasteiger partial charge >= 0.3 is 5.69 Å². The van der Waals surface area contributed by atoms with Gasteiger partial charge in [-0.05, 0) is 31.4 Å². The number of β-amino-alcohol motifs (C(OH)–C–C–N with tert-alkyl or cyclic N) is 1. The first-order valence-electron chi connectivity index (χ1n) is 6.36. The van der Waals surface area contributed by atoms with Crippen molar-refractivity contribution in [3.63, 3.8) is 0 Å². The number of halogens is 1. The summed E-state index contributed by atoms with van der Waals surface area (Å²) in [5, 5.41) is 20.3. The molecule has 2 rings (SSSR count). The molecule has 0 spiro atoms. The van der Waals surface area contributed by atoms with Crippen molar-refractivity contribution < 1.29 is 22.8 Å². The van der Waals surface area contributed by atoms with E-state index < -0.39 is 32.6 Å². The van der Waals surface area contributed by atoms with E-state index in [0.717, 1.165) is 16.4 Å². The average molecular weight is 318 g/mol. The first kappa shape index (κ1) is 15.8. The molecule has 21 heavy (non-hydrogen) atoms. The summed E-state index contributed by atoms with van der Waals surface area (Å²) in [5.74, 6) is -1.07. The molecule has 1 heterocycles. The Balaban J connectivity index is 2.49. The fourth-order valence-corrected chi connectivity index (χ4v) is 4.08. The number of aliphatic hydroxyl groups is 1. The van der Waals surface area contributed by atoms with Gasteiger partial charge in [0.25, 0.3) is 0 Å². The van der Waals surface area contributed by atoms with Crippen molar-refractivity contribution in [1.82, 2.24) is 4.31 Å². The number of sulfonamides is 1. The highest BCUT2D eigenvalue weighted by Gasteiger charge is 2.32. The third kappa shape index (κ3) is 3.04. The molecule has 1 fully saturated rings. The molecule has 1 N–H and O–H groups in total. The second kappa shape index (κ2) is 5.66. The number of nitrogens with zero attached hydrogens (tertiary/aromatic N) is 2. The molecule has 116 valence electrons. The van der Waals surface area contributed by atoms with Crippen molar-refractivity contribution in [2.24, 2.45) is 0 Å². The van der Waals surface area contributed by atoms with Crippen LogP contribution in [0.2, 0.25) is 0 Å². The minimum atomic E-state index is -4.00. The lowest BCUT2D eigenvalue weighted by Crippen LogP contribution is -2.42. The van der Waals surface area contributed by atoms with E-state index in [-0.39, 0.29) is 23.5 Å². The zero-order chi connectivity index (χ0) is 15.8. The predicted octanol–water partition coefficient (Wildman–Crippen LogP) is 1.19. The van der Waals surface area contributed by atoms with Gasteiger partial charge in [-0.1, -0.05) is 0 Å². The third-order valence-electron chi connectivity index (χ3n) is 3.42. The highest BCUT2D eigenvalue weighted by atomic mass is 32.2. The Morgan fingerprint density at radius 3 is 2.71 bits per heavy atom. The van der Waals surface area contributed by atoms with Crippen LogP contribution in [0.3, 0.4) is 0 Å². The van der Waals surface area contributed by atoms with Crippen molar-refractivity contribution in [3.8, 4) is 0 Å². The highest BCUT2D eigenvalue weighted by molar-refractivity contribution is 7.89. The molecule has 0 amide bonds. The molecular formula is C12H15FN2O5S. The van der Waals surface area contributed by atoms with E-state index in [0.29, 0.717) is 12.8 Å². The summed E-state index contributed by atoms with van der Waals surface area (Å²) in [6, 6.07) is 1.58. The third-order valence-corrected chi connectivity index (χ3v) is 5.43. The molecule has 0 aliphatic carbocycles. The van der Waals surface area contributed by atoms with Crippen LogP contribution in [0, 0.1) is 22.9 Å². The van der Waals surface area contributed by atoms with Crippen LogP contribution in [0.4, 0.5) is 10.1 Å². The van der Waals surface area contributed by atoms with Crippen molar-refractivity contribution in [2.45, 2.75) is 30.8 Å². The molecule has 1 aliphatic heterocycles. The van der Waals surface area contributed by atoms with Crippen molar-refractivity contribution in [1.29, 1.82) is 0 Å². The van der Waals surface area contributed by atoms with E-state index in [2.05, 4.69) is 0 Å². The maximum atomic E-state index is 13.5. The molecule has 1 aromatic rings. The second-order valence-electron chi connectivity index (χ2n) is 4.99. The molecule has 0 bridgehead atoms. The Bertz CT molecular complexity index is 676. The Morgan fingerprint density at radius 2 is 2.14 bits per heavy atom. The number of nitro benzene ring substituents is 1. The fourth-order valence-electron chi connectivity index (χ4n) is 2.34. The standard InChI is InChI=1S/C12H15FN2O5S/c1-8-5-10(13)11(15(17)18)6-12(8)21(19,20)14-4-2-3-9(16)7-14/h5-6,9,16H,2-4,7H2,1H3/t9-/m0/s1. The number of hydrogen-bond donors (Lipinski definition) is 1. The van der Waals surface area contributed by atoms with Gasteiger partial charge in [0.2, 0.25) is 15.8 Å². The summed E-state index contributed by atoms with van der Waals surface area (Å²) in [6.07, 6.45) is 0.251. The molecule has 0 radical (unpaired) electrons. The van der Waals surface area contributed by atoms with Crippen molar-refractivity contribution in [2.75, 3.05) is 13.1 Å². The topological polar surface area (TPSA) is 101 Å². The minimum absolute atomic E-state index is 0.0626. The number of aliphatic hydroxyl groups excluding tert-OH is 1. The molecule has 0 unspecified atom stereocenters.